The lowest BCUT2D eigenvalue weighted by Crippen LogP contribution is -2.48. The molecule has 1 atom stereocenters. The van der Waals surface area contributed by atoms with Gasteiger partial charge in [-0.25, -0.2) is 0 Å². The maximum atomic E-state index is 12.6. The lowest BCUT2D eigenvalue weighted by Gasteiger charge is -2.46. The maximum absolute atomic E-state index is 12.6. The van der Waals surface area contributed by atoms with Gasteiger partial charge in [0.2, 0.25) is 5.79 Å². The Bertz CT molecular complexity index is 1090. The molecule has 0 saturated carbocycles. The summed E-state index contributed by atoms with van der Waals surface area (Å²) in [5.74, 6) is -0.614. The number of benzene rings is 1. The molecule has 5 heteroatoms. The lowest BCUT2D eigenvalue weighted by atomic mass is 9.62. The fourth-order valence-electron chi connectivity index (χ4n) is 6.49. The van der Waals surface area contributed by atoms with Gasteiger partial charge in [-0.3, -0.25) is 4.79 Å². The molecule has 0 bridgehead atoms. The minimum absolute atomic E-state index is 0.0171. The summed E-state index contributed by atoms with van der Waals surface area (Å²) in [6, 6.07) is 4.72. The van der Waals surface area contributed by atoms with Crippen LogP contribution in [-0.4, -0.2) is 30.6 Å². The van der Waals surface area contributed by atoms with Gasteiger partial charge in [0.05, 0.1) is 24.7 Å². The number of aliphatic hydroxyl groups is 1. The average molecular weight is 480 g/mol. The third-order valence-electron chi connectivity index (χ3n) is 8.79. The number of aliphatic hydroxyl groups excluding tert-OH is 1. The zero-order valence-electron chi connectivity index (χ0n) is 22.1. The van der Waals surface area contributed by atoms with Crippen LogP contribution in [0.5, 0.6) is 0 Å². The van der Waals surface area contributed by atoms with E-state index >= 15 is 0 Å². The number of aryl methyl sites for hydroxylation is 1. The van der Waals surface area contributed by atoms with Crippen LogP contribution in [0, 0.1) is 12.8 Å². The first-order chi connectivity index (χ1) is 16.6. The smallest absolute Gasteiger partial charge is 0.237 e. The monoisotopic (exact) mass is 479 g/mol. The number of allylic oxidation sites excluding steroid dienone is 2. The van der Waals surface area contributed by atoms with Crippen molar-refractivity contribution in [2.75, 3.05) is 19.8 Å². The molecular formula is C30H41NO4. The van der Waals surface area contributed by atoms with E-state index in [1.54, 1.807) is 0 Å². The van der Waals surface area contributed by atoms with Crippen molar-refractivity contribution in [1.29, 1.82) is 0 Å². The van der Waals surface area contributed by atoms with Gasteiger partial charge in [0.1, 0.15) is 0 Å². The van der Waals surface area contributed by atoms with Crippen molar-refractivity contribution >= 4 is 5.78 Å². The number of carbonyl (C=O) groups is 1. The van der Waals surface area contributed by atoms with E-state index < -0.39 is 5.79 Å². The summed E-state index contributed by atoms with van der Waals surface area (Å²) in [6.45, 7) is 13.4. The number of hydrogen-bond donors (Lipinski definition) is 2. The Hall–Kier alpha value is -2.11. The molecule has 0 amide bonds. The van der Waals surface area contributed by atoms with Crippen LogP contribution >= 0.6 is 0 Å². The van der Waals surface area contributed by atoms with Crippen molar-refractivity contribution in [3.8, 4) is 0 Å². The minimum Gasteiger partial charge on any atom is -0.512 e. The molecule has 190 valence electrons. The van der Waals surface area contributed by atoms with E-state index in [4.69, 9.17) is 9.47 Å². The quantitative estimate of drug-likeness (QED) is 0.557. The lowest BCUT2D eigenvalue weighted by molar-refractivity contribution is -0.255. The molecule has 1 unspecified atom stereocenters. The van der Waals surface area contributed by atoms with Gasteiger partial charge in [0.25, 0.3) is 0 Å². The average Bonchev–Trinajstić information content (AvgIpc) is 2.83. The van der Waals surface area contributed by atoms with Gasteiger partial charge in [-0.15, -0.1) is 0 Å². The summed E-state index contributed by atoms with van der Waals surface area (Å²) in [7, 11) is 0. The van der Waals surface area contributed by atoms with Gasteiger partial charge in [-0.05, 0) is 72.6 Å². The number of fused-ring (bicyclic) bond motifs is 1. The summed E-state index contributed by atoms with van der Waals surface area (Å²) in [4.78, 5) is 12.6. The third-order valence-corrected chi connectivity index (χ3v) is 8.79. The Morgan fingerprint density at radius 3 is 2.20 bits per heavy atom. The molecule has 2 aliphatic heterocycles. The van der Waals surface area contributed by atoms with Crippen LogP contribution in [0.1, 0.15) is 94.9 Å². The fraction of sp³-hybridized carbons (Fsp3) is 0.633. The van der Waals surface area contributed by atoms with Crippen molar-refractivity contribution in [1.82, 2.24) is 5.32 Å². The van der Waals surface area contributed by atoms with E-state index in [1.165, 1.54) is 23.1 Å². The first kappa shape index (κ1) is 24.6. The molecule has 0 radical (unpaired) electrons. The zero-order valence-corrected chi connectivity index (χ0v) is 22.1. The first-order valence-corrected chi connectivity index (χ1v) is 13.4. The van der Waals surface area contributed by atoms with Crippen LogP contribution in [0.15, 0.2) is 35.2 Å². The standard InChI is InChI=1S/C30H41NO4/c1-19-16-22-23(29(4,5)13-12-28(22,2)3)17-21(19)30(34-14-7-15-35-30)26-11-10-20(18-31-26)27-24(32)8-6-9-25(27)33/h11,16-17,20,31-32H,6-10,12-15,18H2,1-5H3. The van der Waals surface area contributed by atoms with Gasteiger partial charge in [0, 0.05) is 36.4 Å². The maximum Gasteiger partial charge on any atom is 0.237 e. The molecule has 1 aromatic carbocycles. The van der Waals surface area contributed by atoms with Crippen molar-refractivity contribution in [2.24, 2.45) is 5.92 Å². The van der Waals surface area contributed by atoms with Crippen molar-refractivity contribution < 1.29 is 19.4 Å². The molecule has 2 aliphatic carbocycles. The molecule has 0 spiro atoms. The summed E-state index contributed by atoms with van der Waals surface area (Å²) in [6.07, 6.45) is 7.90. The number of hydrogen-bond acceptors (Lipinski definition) is 5. The number of ketones is 1. The largest absolute Gasteiger partial charge is 0.512 e. The molecular weight excluding hydrogens is 438 g/mol. The number of nitrogens with one attached hydrogen (secondary N) is 1. The number of rotatable bonds is 3. The third kappa shape index (κ3) is 4.15. The highest BCUT2D eigenvalue weighted by Crippen LogP contribution is 2.49. The molecule has 5 rings (SSSR count). The molecule has 1 saturated heterocycles. The topological polar surface area (TPSA) is 67.8 Å². The normalized spacial score (nSPS) is 27.6. The molecule has 4 aliphatic rings. The Kier molecular flexibility index (Phi) is 6.16. The van der Waals surface area contributed by atoms with Gasteiger partial charge >= 0.3 is 0 Å². The van der Waals surface area contributed by atoms with Crippen molar-refractivity contribution in [2.45, 2.75) is 96.2 Å². The molecule has 35 heavy (non-hydrogen) atoms. The Morgan fingerprint density at radius 1 is 0.943 bits per heavy atom. The summed E-state index contributed by atoms with van der Waals surface area (Å²) in [5, 5.41) is 14.0. The van der Waals surface area contributed by atoms with Crippen LogP contribution in [-0.2, 0) is 30.9 Å². The van der Waals surface area contributed by atoms with Crippen LogP contribution < -0.4 is 5.32 Å². The van der Waals surface area contributed by atoms with Crippen LogP contribution in [0.25, 0.3) is 0 Å². The predicted molar refractivity (Wildman–Crippen MR) is 137 cm³/mol. The summed E-state index contributed by atoms with van der Waals surface area (Å²) in [5.41, 5.74) is 6.87. The van der Waals surface area contributed by atoms with E-state index in [0.717, 1.165) is 30.5 Å². The second-order valence-electron chi connectivity index (χ2n) is 12.2. The van der Waals surface area contributed by atoms with E-state index in [0.29, 0.717) is 44.6 Å². The van der Waals surface area contributed by atoms with Crippen LogP contribution in [0.4, 0.5) is 0 Å². The Labute approximate surface area is 210 Å². The molecule has 5 nitrogen and oxygen atoms in total. The number of Topliss-reactive ketones (excluding diaryl/α,β-unsaturated/α-hetero) is 1. The minimum atomic E-state index is -0.965. The van der Waals surface area contributed by atoms with E-state index in [2.05, 4.69) is 58.1 Å². The highest BCUT2D eigenvalue weighted by molar-refractivity contribution is 5.97. The van der Waals surface area contributed by atoms with Crippen molar-refractivity contribution in [3.05, 3.63) is 57.5 Å². The van der Waals surface area contributed by atoms with E-state index in [9.17, 15) is 9.90 Å². The van der Waals surface area contributed by atoms with Gasteiger partial charge < -0.3 is 19.9 Å². The summed E-state index contributed by atoms with van der Waals surface area (Å²) < 4.78 is 13.0. The van der Waals surface area contributed by atoms with Gasteiger partial charge in [-0.1, -0.05) is 39.8 Å². The van der Waals surface area contributed by atoms with Crippen LogP contribution in [0.3, 0.4) is 0 Å². The van der Waals surface area contributed by atoms with Crippen molar-refractivity contribution in [3.63, 3.8) is 0 Å². The highest BCUT2D eigenvalue weighted by atomic mass is 16.7. The molecule has 1 fully saturated rings. The molecule has 0 aromatic heterocycles. The Morgan fingerprint density at radius 2 is 1.60 bits per heavy atom. The molecule has 2 heterocycles. The van der Waals surface area contributed by atoms with E-state index in [-0.39, 0.29) is 28.3 Å². The van der Waals surface area contributed by atoms with Gasteiger partial charge in [0.15, 0.2) is 5.78 Å². The predicted octanol–water partition coefficient (Wildman–Crippen LogP) is 5.99. The first-order valence-electron chi connectivity index (χ1n) is 13.4. The summed E-state index contributed by atoms with van der Waals surface area (Å²) >= 11 is 0. The van der Waals surface area contributed by atoms with Crippen LogP contribution in [0.2, 0.25) is 0 Å². The second-order valence-corrected chi connectivity index (χ2v) is 12.2. The fourth-order valence-corrected chi connectivity index (χ4v) is 6.49. The molecule has 2 N–H and O–H groups in total. The molecule has 1 aromatic rings. The van der Waals surface area contributed by atoms with E-state index in [1.807, 2.05) is 0 Å². The number of carbonyl (C=O) groups excluding carboxylic acids is 1. The highest BCUT2D eigenvalue weighted by Gasteiger charge is 2.46. The zero-order chi connectivity index (χ0) is 25.0. The van der Waals surface area contributed by atoms with Gasteiger partial charge in [-0.2, -0.15) is 0 Å². The SMILES string of the molecule is Cc1cc2c(cc1C1(C3=CCC(C4=C(O)CCCC4=O)CN3)OCCCO1)C(C)(C)CCC2(C)C. The second kappa shape index (κ2) is 8.77. The Balaban J connectivity index is 1.56. The number of ether oxygens (including phenoxy) is 2.